The van der Waals surface area contributed by atoms with Gasteiger partial charge in [-0.3, -0.25) is 0 Å². The van der Waals surface area contributed by atoms with Crippen molar-refractivity contribution in [3.63, 3.8) is 0 Å². The molecule has 0 spiro atoms. The Hall–Kier alpha value is -3.46. The Morgan fingerprint density at radius 2 is 1.29 bits per heavy atom. The summed E-state index contributed by atoms with van der Waals surface area (Å²) >= 11 is 3.77. The van der Waals surface area contributed by atoms with Crippen LogP contribution >= 0.6 is 23.5 Å². The summed E-state index contributed by atoms with van der Waals surface area (Å²) in [5, 5.41) is 0.315. The molecule has 2 aliphatic heterocycles. The zero-order valence-electron chi connectivity index (χ0n) is 19.2. The summed E-state index contributed by atoms with van der Waals surface area (Å²) in [5.41, 5.74) is 7.71. The summed E-state index contributed by atoms with van der Waals surface area (Å²) < 4.78 is 0. The van der Waals surface area contributed by atoms with Crippen molar-refractivity contribution in [2.75, 3.05) is 0 Å². The average molecular weight is 485 g/mol. The lowest BCUT2D eigenvalue weighted by atomic mass is 9.99. The predicted octanol–water partition coefficient (Wildman–Crippen LogP) is 9.70. The van der Waals surface area contributed by atoms with Gasteiger partial charge in [0, 0.05) is 14.7 Å². The molecule has 0 nitrogen and oxygen atoms in total. The number of hydrogen-bond acceptors (Lipinski definition) is 2. The lowest BCUT2D eigenvalue weighted by Crippen LogP contribution is -1.99. The number of benzene rings is 4. The first-order valence-corrected chi connectivity index (χ1v) is 13.5. The van der Waals surface area contributed by atoms with Crippen molar-refractivity contribution in [1.29, 1.82) is 0 Å². The third-order valence-electron chi connectivity index (χ3n) is 6.23. The Labute approximate surface area is 215 Å². The maximum Gasteiger partial charge on any atom is 0.0533 e. The molecule has 0 saturated heterocycles. The molecule has 1 atom stereocenters. The van der Waals surface area contributed by atoms with Crippen LogP contribution in [0.2, 0.25) is 0 Å². The zero-order chi connectivity index (χ0) is 23.5. The third kappa shape index (κ3) is 4.73. The van der Waals surface area contributed by atoms with Crippen LogP contribution in [0.1, 0.15) is 27.5 Å². The van der Waals surface area contributed by atoms with E-state index < -0.39 is 0 Å². The van der Waals surface area contributed by atoms with Crippen LogP contribution in [0.3, 0.4) is 0 Å². The van der Waals surface area contributed by atoms with Crippen LogP contribution in [0.4, 0.5) is 0 Å². The monoisotopic (exact) mass is 484 g/mol. The van der Waals surface area contributed by atoms with Gasteiger partial charge < -0.3 is 0 Å². The number of allylic oxidation sites excluding steroid dienone is 6. The van der Waals surface area contributed by atoms with Crippen LogP contribution in [0.15, 0.2) is 149 Å². The molecule has 2 heterocycles. The van der Waals surface area contributed by atoms with E-state index in [0.717, 1.165) is 0 Å². The molecule has 0 N–H and O–H groups in total. The quantitative estimate of drug-likeness (QED) is 0.283. The van der Waals surface area contributed by atoms with Gasteiger partial charge in [0.05, 0.1) is 5.25 Å². The zero-order valence-corrected chi connectivity index (χ0v) is 20.8. The van der Waals surface area contributed by atoms with Crippen molar-refractivity contribution >= 4 is 39.6 Å². The van der Waals surface area contributed by atoms with Gasteiger partial charge in [0.2, 0.25) is 0 Å². The number of hydrogen-bond donors (Lipinski definition) is 0. The largest absolute Gasteiger partial charge is 0.113 e. The first kappa shape index (κ1) is 22.0. The Balaban J connectivity index is 1.38. The fourth-order valence-corrected chi connectivity index (χ4v) is 6.85. The molecule has 4 aromatic carbocycles. The number of fused-ring (bicyclic) bond motifs is 2. The van der Waals surface area contributed by atoms with E-state index in [1.165, 1.54) is 48.1 Å². The smallest absolute Gasteiger partial charge is 0.0533 e. The van der Waals surface area contributed by atoms with Crippen LogP contribution in [0.5, 0.6) is 0 Å². The molecule has 1 unspecified atom stereocenters. The van der Waals surface area contributed by atoms with Gasteiger partial charge in [-0.15, -0.1) is 11.8 Å². The summed E-state index contributed by atoms with van der Waals surface area (Å²) in [7, 11) is 0. The van der Waals surface area contributed by atoms with Crippen LogP contribution in [-0.4, -0.2) is 0 Å². The highest BCUT2D eigenvalue weighted by Gasteiger charge is 2.20. The van der Waals surface area contributed by atoms with E-state index in [-0.39, 0.29) is 0 Å². The second-order valence-corrected chi connectivity index (χ2v) is 10.8. The topological polar surface area (TPSA) is 0 Å². The molecule has 6 rings (SSSR count). The minimum absolute atomic E-state index is 0.315. The first-order valence-electron chi connectivity index (χ1n) is 11.8. The highest BCUT2D eigenvalue weighted by molar-refractivity contribution is 8.08. The summed E-state index contributed by atoms with van der Waals surface area (Å²) in [4.78, 5) is 3.92. The molecule has 0 radical (unpaired) electrons. The minimum atomic E-state index is 0.315. The first-order chi connectivity index (χ1) is 17.3. The van der Waals surface area contributed by atoms with Crippen LogP contribution < -0.4 is 0 Å². The highest BCUT2D eigenvalue weighted by Crippen LogP contribution is 2.46. The normalized spacial score (nSPS) is 18.1. The second-order valence-electron chi connectivity index (χ2n) is 8.52. The van der Waals surface area contributed by atoms with Crippen LogP contribution in [-0.2, 0) is 0 Å². The minimum Gasteiger partial charge on any atom is -0.113 e. The summed E-state index contributed by atoms with van der Waals surface area (Å²) in [6, 6.07) is 38.8. The lowest BCUT2D eigenvalue weighted by Gasteiger charge is -2.23. The Morgan fingerprint density at radius 1 is 0.629 bits per heavy atom. The van der Waals surface area contributed by atoms with Crippen molar-refractivity contribution in [2.45, 2.75) is 15.0 Å². The van der Waals surface area contributed by atoms with E-state index in [0.29, 0.717) is 5.25 Å². The molecule has 0 saturated carbocycles. The Kier molecular flexibility index (Phi) is 6.32. The molecular formula is C33H24S2. The number of thioether (sulfide) groups is 2. The van der Waals surface area contributed by atoms with Crippen molar-refractivity contribution < 1.29 is 0 Å². The van der Waals surface area contributed by atoms with E-state index in [9.17, 15) is 0 Å². The molecule has 0 aliphatic carbocycles. The molecule has 4 aromatic rings. The standard InChI is InChI=1S/C33H24S2/c1-3-12-24(13-4-1)32-22-26(28-18-7-9-20-30(28)34-32)16-11-17-27-23-33(25-14-5-2-6-15-25)35-31-21-10-8-19-29(27)31/h1-23,32H/b16-11+,27-17+. The van der Waals surface area contributed by atoms with Crippen molar-refractivity contribution in [2.24, 2.45) is 0 Å². The van der Waals surface area contributed by atoms with E-state index in [2.05, 4.69) is 140 Å². The summed E-state index contributed by atoms with van der Waals surface area (Å²) in [6.45, 7) is 0. The van der Waals surface area contributed by atoms with Crippen molar-refractivity contribution in [1.82, 2.24) is 0 Å². The summed E-state index contributed by atoms with van der Waals surface area (Å²) in [6.07, 6.45) is 11.4. The SMILES string of the molecule is C1=C(c2ccccc2)Sc2ccccc2/C1=C/C=C/C1=CC(c2ccccc2)Sc2ccccc21. The van der Waals surface area contributed by atoms with Gasteiger partial charge in [-0.05, 0) is 51.6 Å². The van der Waals surface area contributed by atoms with Crippen LogP contribution in [0.25, 0.3) is 16.1 Å². The van der Waals surface area contributed by atoms with E-state index in [4.69, 9.17) is 0 Å². The van der Waals surface area contributed by atoms with Gasteiger partial charge in [-0.1, -0.05) is 133 Å². The van der Waals surface area contributed by atoms with Gasteiger partial charge >= 0.3 is 0 Å². The van der Waals surface area contributed by atoms with Gasteiger partial charge in [0.1, 0.15) is 0 Å². The molecule has 2 aliphatic rings. The Morgan fingerprint density at radius 3 is 2.09 bits per heavy atom. The predicted molar refractivity (Wildman–Crippen MR) is 153 cm³/mol. The molecule has 2 heteroatoms. The van der Waals surface area contributed by atoms with Gasteiger partial charge in [-0.25, -0.2) is 0 Å². The maximum atomic E-state index is 2.40. The molecule has 0 amide bonds. The fraction of sp³-hybridized carbons (Fsp3) is 0.0303. The van der Waals surface area contributed by atoms with E-state index >= 15 is 0 Å². The second kappa shape index (κ2) is 10.0. The molecular weight excluding hydrogens is 460 g/mol. The lowest BCUT2D eigenvalue weighted by molar-refractivity contribution is 1.19. The van der Waals surface area contributed by atoms with Crippen LogP contribution in [0, 0.1) is 0 Å². The Bertz CT molecular complexity index is 1470. The average Bonchev–Trinajstić information content (AvgIpc) is 2.93. The van der Waals surface area contributed by atoms with Gasteiger partial charge in [0.15, 0.2) is 0 Å². The van der Waals surface area contributed by atoms with E-state index in [1.54, 1.807) is 0 Å². The van der Waals surface area contributed by atoms with Crippen molar-refractivity contribution in [3.05, 3.63) is 162 Å². The maximum absolute atomic E-state index is 2.40. The molecule has 0 bridgehead atoms. The summed E-state index contributed by atoms with van der Waals surface area (Å²) in [5.74, 6) is 0. The third-order valence-corrected chi connectivity index (χ3v) is 8.65. The molecule has 0 fully saturated rings. The number of rotatable bonds is 4. The van der Waals surface area contributed by atoms with Gasteiger partial charge in [0.25, 0.3) is 0 Å². The van der Waals surface area contributed by atoms with Crippen molar-refractivity contribution in [3.8, 4) is 0 Å². The van der Waals surface area contributed by atoms with E-state index in [1.807, 2.05) is 23.5 Å². The molecule has 35 heavy (non-hydrogen) atoms. The van der Waals surface area contributed by atoms with Gasteiger partial charge in [-0.2, -0.15) is 0 Å². The molecule has 0 aromatic heterocycles. The fourth-order valence-electron chi connectivity index (χ4n) is 4.48. The highest BCUT2D eigenvalue weighted by atomic mass is 32.2. The molecule has 168 valence electrons.